The summed E-state index contributed by atoms with van der Waals surface area (Å²) in [5.41, 5.74) is 3.74. The molecule has 1 unspecified atom stereocenters. The summed E-state index contributed by atoms with van der Waals surface area (Å²) in [5.74, 6) is 1.42. The van der Waals surface area contributed by atoms with Gasteiger partial charge in [0, 0.05) is 49.2 Å². The van der Waals surface area contributed by atoms with Gasteiger partial charge in [-0.2, -0.15) is 18.2 Å². The van der Waals surface area contributed by atoms with E-state index in [0.717, 1.165) is 29.1 Å². The Morgan fingerprint density at radius 3 is 2.62 bits per heavy atom. The third-order valence-electron chi connectivity index (χ3n) is 4.35. The van der Waals surface area contributed by atoms with E-state index in [-0.39, 0.29) is 26.0 Å². The molecule has 0 saturated carbocycles. The molecule has 0 N–H and O–H groups in total. The van der Waals surface area contributed by atoms with Crippen LogP contribution in [0.4, 0.5) is 0 Å². The fourth-order valence-electron chi connectivity index (χ4n) is 2.94. The molecule has 0 aliphatic heterocycles. The fraction of sp³-hybridized carbons (Fsp3) is 0.125. The second-order valence-electron chi connectivity index (χ2n) is 6.50. The molecule has 5 heteroatoms. The molecule has 1 radical (unpaired) electrons. The molecule has 4 aromatic rings. The van der Waals surface area contributed by atoms with Gasteiger partial charge in [-0.05, 0) is 24.2 Å². The third-order valence-corrected chi connectivity index (χ3v) is 4.35. The van der Waals surface area contributed by atoms with E-state index in [4.69, 9.17) is 9.72 Å². The van der Waals surface area contributed by atoms with Crippen molar-refractivity contribution in [1.29, 1.82) is 0 Å². The topological polar surface area (TPSA) is 47.9 Å². The molecule has 29 heavy (non-hydrogen) atoms. The summed E-state index contributed by atoms with van der Waals surface area (Å²) in [5, 5.41) is 0. The van der Waals surface area contributed by atoms with E-state index in [2.05, 4.69) is 29.0 Å². The number of nitrogens with zero attached hydrogens (tertiary/aromatic N) is 3. The van der Waals surface area contributed by atoms with Gasteiger partial charge in [0.05, 0.1) is 0 Å². The summed E-state index contributed by atoms with van der Waals surface area (Å²) < 4.78 is 5.80. The van der Waals surface area contributed by atoms with Crippen molar-refractivity contribution in [2.24, 2.45) is 0 Å². The molecule has 0 fully saturated rings. The quantitative estimate of drug-likeness (QED) is 0.303. The summed E-state index contributed by atoms with van der Waals surface area (Å²) in [6.45, 7) is 2.14. The van der Waals surface area contributed by atoms with Crippen LogP contribution in [0.15, 0.2) is 79.1 Å². The maximum atomic E-state index is 5.80. The fourth-order valence-corrected chi connectivity index (χ4v) is 2.94. The summed E-state index contributed by atoms with van der Waals surface area (Å²) in [6.07, 6.45) is 4.27. The van der Waals surface area contributed by atoms with Crippen LogP contribution in [0.5, 0.6) is 11.6 Å². The summed E-state index contributed by atoms with van der Waals surface area (Å²) >= 11 is 0. The van der Waals surface area contributed by atoms with Crippen LogP contribution in [0.1, 0.15) is 24.2 Å². The van der Waals surface area contributed by atoms with Gasteiger partial charge in [-0.25, -0.2) is 4.98 Å². The second kappa shape index (κ2) is 10.1. The minimum atomic E-state index is 0. The average Bonchev–Trinajstić information content (AvgIpc) is 2.75. The molecule has 4 nitrogen and oxygen atoms in total. The SMILES string of the molecule is CC(Cc1cccc(-c2[c-]ccnc2)n1)c1cccc(Oc2[c-]cccc2)n1.[Ir]. The predicted octanol–water partition coefficient (Wildman–Crippen LogP) is 5.27. The zero-order valence-corrected chi connectivity index (χ0v) is 18.3. The largest absolute Gasteiger partial charge is 0.466 e. The van der Waals surface area contributed by atoms with Gasteiger partial charge in [0.2, 0.25) is 5.88 Å². The Hall–Kier alpha value is -2.88. The molecular weight excluding hydrogens is 539 g/mol. The van der Waals surface area contributed by atoms with Gasteiger partial charge in [0.1, 0.15) is 0 Å². The van der Waals surface area contributed by atoms with E-state index in [0.29, 0.717) is 11.6 Å². The second-order valence-corrected chi connectivity index (χ2v) is 6.50. The standard InChI is InChI=1S/C24H19N3O.Ir/c1-18(16-20-9-5-13-23(26-20)19-8-7-15-25-17-19)22-12-6-14-24(27-22)28-21-10-3-2-4-11-21;/h2-7,9-10,12-15,17-18H,16H2,1H3;/q-2;. The van der Waals surface area contributed by atoms with Crippen LogP contribution in [-0.4, -0.2) is 15.0 Å². The van der Waals surface area contributed by atoms with Crippen molar-refractivity contribution in [3.05, 3.63) is 103 Å². The van der Waals surface area contributed by atoms with Crippen LogP contribution in [-0.2, 0) is 26.5 Å². The Kier molecular flexibility index (Phi) is 7.23. The first-order valence-corrected chi connectivity index (χ1v) is 9.17. The number of para-hydroxylation sites is 1. The van der Waals surface area contributed by atoms with E-state index in [9.17, 15) is 0 Å². The van der Waals surface area contributed by atoms with Crippen LogP contribution < -0.4 is 4.74 Å². The number of benzene rings is 1. The Labute approximate surface area is 184 Å². The minimum Gasteiger partial charge on any atom is -0.466 e. The normalized spacial score (nSPS) is 11.3. The molecule has 0 aliphatic carbocycles. The molecule has 3 heterocycles. The monoisotopic (exact) mass is 558 g/mol. The van der Waals surface area contributed by atoms with E-state index >= 15 is 0 Å². The molecule has 147 valence electrons. The molecule has 3 aromatic heterocycles. The van der Waals surface area contributed by atoms with Gasteiger partial charge in [0.15, 0.2) is 0 Å². The van der Waals surface area contributed by atoms with E-state index < -0.39 is 0 Å². The molecule has 0 bridgehead atoms. The van der Waals surface area contributed by atoms with Gasteiger partial charge >= 0.3 is 0 Å². The van der Waals surface area contributed by atoms with E-state index in [1.807, 2.05) is 60.7 Å². The van der Waals surface area contributed by atoms with E-state index in [1.165, 1.54) is 0 Å². The van der Waals surface area contributed by atoms with Crippen molar-refractivity contribution in [2.75, 3.05) is 0 Å². The van der Waals surface area contributed by atoms with Gasteiger partial charge in [-0.1, -0.05) is 37.5 Å². The van der Waals surface area contributed by atoms with Gasteiger partial charge < -0.3 is 14.7 Å². The zero-order valence-electron chi connectivity index (χ0n) is 15.9. The summed E-state index contributed by atoms with van der Waals surface area (Å²) in [6, 6.07) is 27.4. The Balaban J connectivity index is 0.00000240. The maximum absolute atomic E-state index is 5.80. The summed E-state index contributed by atoms with van der Waals surface area (Å²) in [4.78, 5) is 13.6. The van der Waals surface area contributed by atoms with Crippen molar-refractivity contribution >= 4 is 0 Å². The van der Waals surface area contributed by atoms with Gasteiger partial charge in [-0.3, -0.25) is 0 Å². The molecule has 1 aromatic carbocycles. The molecule has 1 atom stereocenters. The number of hydrogen-bond donors (Lipinski definition) is 0. The average molecular weight is 558 g/mol. The van der Waals surface area contributed by atoms with Crippen LogP contribution in [0.2, 0.25) is 0 Å². The zero-order chi connectivity index (χ0) is 19.2. The third kappa shape index (κ3) is 5.56. The number of pyridine rings is 3. The first-order valence-electron chi connectivity index (χ1n) is 9.17. The molecule has 0 saturated heterocycles. The van der Waals surface area contributed by atoms with Crippen LogP contribution in [0, 0.1) is 12.1 Å². The molecule has 0 spiro atoms. The first-order chi connectivity index (χ1) is 13.8. The number of ether oxygens (including phenoxy) is 1. The number of rotatable bonds is 6. The maximum Gasteiger partial charge on any atom is 0.216 e. The minimum absolute atomic E-state index is 0. The van der Waals surface area contributed by atoms with Crippen molar-refractivity contribution in [3.63, 3.8) is 0 Å². The number of aromatic nitrogens is 3. The van der Waals surface area contributed by atoms with Gasteiger partial charge in [-0.15, -0.1) is 29.8 Å². The Bertz CT molecular complexity index is 1040. The molecule has 4 rings (SSSR count). The van der Waals surface area contributed by atoms with Crippen molar-refractivity contribution in [2.45, 2.75) is 19.3 Å². The van der Waals surface area contributed by atoms with Crippen molar-refractivity contribution in [1.82, 2.24) is 15.0 Å². The van der Waals surface area contributed by atoms with E-state index in [1.54, 1.807) is 18.5 Å². The predicted molar refractivity (Wildman–Crippen MR) is 108 cm³/mol. The molecule has 0 aliphatic rings. The summed E-state index contributed by atoms with van der Waals surface area (Å²) in [7, 11) is 0. The molecular formula is C24H19IrN3O-2. The van der Waals surface area contributed by atoms with Crippen LogP contribution in [0.3, 0.4) is 0 Å². The molecule has 0 amide bonds. The Morgan fingerprint density at radius 1 is 0.931 bits per heavy atom. The van der Waals surface area contributed by atoms with Crippen LogP contribution >= 0.6 is 0 Å². The number of hydrogen-bond acceptors (Lipinski definition) is 4. The van der Waals surface area contributed by atoms with Crippen molar-refractivity contribution in [3.8, 4) is 22.9 Å². The smallest absolute Gasteiger partial charge is 0.216 e. The van der Waals surface area contributed by atoms with Crippen molar-refractivity contribution < 1.29 is 24.8 Å². The van der Waals surface area contributed by atoms with Gasteiger partial charge in [0.25, 0.3) is 0 Å². The van der Waals surface area contributed by atoms with Crippen LogP contribution in [0.25, 0.3) is 11.3 Å². The first kappa shape index (κ1) is 20.8. The Morgan fingerprint density at radius 2 is 1.83 bits per heavy atom.